The zero-order chi connectivity index (χ0) is 14.3. The van der Waals surface area contributed by atoms with Crippen LogP contribution in [-0.4, -0.2) is 31.3 Å². The first kappa shape index (κ1) is 15.6. The fourth-order valence-electron chi connectivity index (χ4n) is 1.28. The summed E-state index contributed by atoms with van der Waals surface area (Å²) in [7, 11) is 1.49. The van der Waals surface area contributed by atoms with Crippen LogP contribution in [0.4, 0.5) is 5.69 Å². The van der Waals surface area contributed by atoms with Gasteiger partial charge in [0, 0.05) is 18.1 Å². The van der Waals surface area contributed by atoms with Crippen LogP contribution >= 0.6 is 23.2 Å². The van der Waals surface area contributed by atoms with Crippen molar-refractivity contribution < 1.29 is 14.3 Å². The summed E-state index contributed by atoms with van der Waals surface area (Å²) in [6, 6.07) is 4.70. The lowest BCUT2D eigenvalue weighted by molar-refractivity contribution is -0.136. The van der Waals surface area contributed by atoms with Gasteiger partial charge in [-0.1, -0.05) is 11.6 Å². The third-order valence-corrected chi connectivity index (χ3v) is 2.77. The monoisotopic (exact) mass is 304 g/mol. The fraction of sp³-hybridized carbons (Fsp3) is 0.333. The van der Waals surface area contributed by atoms with Crippen molar-refractivity contribution in [1.82, 2.24) is 5.32 Å². The molecule has 104 valence electrons. The molecule has 0 unspecified atom stereocenters. The highest BCUT2D eigenvalue weighted by atomic mass is 35.5. The standard InChI is InChI=1S/C12H14Cl2N2O3/c1-19-10-4-3-8(7-9(10)14)16-12(18)11(17)15-6-2-5-13/h3-4,7H,2,5-6H2,1H3,(H,15,17)(H,16,18). The number of alkyl halides is 1. The van der Waals surface area contributed by atoms with Gasteiger partial charge < -0.3 is 15.4 Å². The molecule has 0 heterocycles. The van der Waals surface area contributed by atoms with E-state index in [-0.39, 0.29) is 0 Å². The molecule has 0 aliphatic carbocycles. The predicted octanol–water partition coefficient (Wildman–Crippen LogP) is 2.03. The summed E-state index contributed by atoms with van der Waals surface area (Å²) in [5, 5.41) is 5.23. The number of nitrogens with one attached hydrogen (secondary N) is 2. The van der Waals surface area contributed by atoms with E-state index in [1.807, 2.05) is 0 Å². The van der Waals surface area contributed by atoms with Crippen LogP contribution in [0.5, 0.6) is 5.75 Å². The largest absolute Gasteiger partial charge is 0.495 e. The smallest absolute Gasteiger partial charge is 0.313 e. The van der Waals surface area contributed by atoms with Crippen molar-refractivity contribution in [1.29, 1.82) is 0 Å². The maximum absolute atomic E-state index is 11.5. The molecule has 1 rings (SSSR count). The molecule has 7 heteroatoms. The first-order valence-corrected chi connectivity index (χ1v) is 6.48. The van der Waals surface area contributed by atoms with Crippen LogP contribution in [0.3, 0.4) is 0 Å². The van der Waals surface area contributed by atoms with Gasteiger partial charge in [0.2, 0.25) is 0 Å². The van der Waals surface area contributed by atoms with Gasteiger partial charge in [-0.3, -0.25) is 9.59 Å². The van der Waals surface area contributed by atoms with Gasteiger partial charge in [-0.05, 0) is 24.6 Å². The summed E-state index contributed by atoms with van der Waals surface area (Å²) >= 11 is 11.4. The van der Waals surface area contributed by atoms with E-state index in [4.69, 9.17) is 27.9 Å². The Kier molecular flexibility index (Phi) is 6.45. The van der Waals surface area contributed by atoms with Gasteiger partial charge in [0.05, 0.1) is 12.1 Å². The van der Waals surface area contributed by atoms with E-state index < -0.39 is 11.8 Å². The van der Waals surface area contributed by atoms with Crippen molar-refractivity contribution in [2.45, 2.75) is 6.42 Å². The number of hydrogen-bond acceptors (Lipinski definition) is 3. The molecule has 0 bridgehead atoms. The third-order valence-electron chi connectivity index (χ3n) is 2.21. The number of ether oxygens (including phenoxy) is 1. The molecular weight excluding hydrogens is 291 g/mol. The highest BCUT2D eigenvalue weighted by Crippen LogP contribution is 2.27. The number of benzene rings is 1. The number of carbonyl (C=O) groups is 2. The second-order valence-electron chi connectivity index (χ2n) is 3.60. The normalized spacial score (nSPS) is 9.84. The summed E-state index contributed by atoms with van der Waals surface area (Å²) in [6.07, 6.45) is 0.606. The topological polar surface area (TPSA) is 67.4 Å². The van der Waals surface area contributed by atoms with Gasteiger partial charge in [-0.15, -0.1) is 11.6 Å². The summed E-state index contributed by atoms with van der Waals surface area (Å²) < 4.78 is 4.98. The second-order valence-corrected chi connectivity index (χ2v) is 4.39. The highest BCUT2D eigenvalue weighted by molar-refractivity contribution is 6.40. The molecule has 0 saturated heterocycles. The molecule has 0 saturated carbocycles. The minimum absolute atomic E-state index is 0.350. The summed E-state index contributed by atoms with van der Waals surface area (Å²) in [6.45, 7) is 0.360. The van der Waals surface area contributed by atoms with Gasteiger partial charge in [-0.25, -0.2) is 0 Å². The molecule has 0 atom stereocenters. The van der Waals surface area contributed by atoms with Crippen molar-refractivity contribution in [3.8, 4) is 5.75 Å². The first-order chi connectivity index (χ1) is 9.08. The predicted molar refractivity (Wildman–Crippen MR) is 75.0 cm³/mol. The fourth-order valence-corrected chi connectivity index (χ4v) is 1.67. The highest BCUT2D eigenvalue weighted by Gasteiger charge is 2.13. The molecule has 1 aromatic rings. The van der Waals surface area contributed by atoms with Crippen molar-refractivity contribution in [3.63, 3.8) is 0 Å². The van der Waals surface area contributed by atoms with E-state index >= 15 is 0 Å². The Morgan fingerprint density at radius 1 is 1.32 bits per heavy atom. The Labute approximate surface area is 121 Å². The zero-order valence-electron chi connectivity index (χ0n) is 10.3. The Balaban J connectivity index is 2.56. The quantitative estimate of drug-likeness (QED) is 0.497. The SMILES string of the molecule is COc1ccc(NC(=O)C(=O)NCCCCl)cc1Cl. The lowest BCUT2D eigenvalue weighted by atomic mass is 10.3. The summed E-state index contributed by atoms with van der Waals surface area (Å²) in [5.41, 5.74) is 0.420. The second kappa shape index (κ2) is 7.86. The van der Waals surface area contributed by atoms with Crippen LogP contribution in [0, 0.1) is 0 Å². The van der Waals surface area contributed by atoms with Crippen LogP contribution in [0.2, 0.25) is 5.02 Å². The molecule has 2 N–H and O–H groups in total. The van der Waals surface area contributed by atoms with Gasteiger partial charge in [0.25, 0.3) is 0 Å². The Morgan fingerprint density at radius 3 is 2.63 bits per heavy atom. The van der Waals surface area contributed by atoms with Crippen LogP contribution in [0.15, 0.2) is 18.2 Å². The van der Waals surface area contributed by atoms with Crippen molar-refractivity contribution in [2.24, 2.45) is 0 Å². The van der Waals surface area contributed by atoms with Crippen molar-refractivity contribution >= 4 is 40.7 Å². The molecule has 0 fully saturated rings. The zero-order valence-corrected chi connectivity index (χ0v) is 11.8. The van der Waals surface area contributed by atoms with Crippen LogP contribution in [0.25, 0.3) is 0 Å². The molecular formula is C12H14Cl2N2O3. The van der Waals surface area contributed by atoms with E-state index in [0.717, 1.165) is 0 Å². The molecule has 0 aromatic heterocycles. The lowest BCUT2D eigenvalue weighted by Crippen LogP contribution is -2.36. The minimum atomic E-state index is -0.754. The molecule has 0 aliphatic heterocycles. The maximum Gasteiger partial charge on any atom is 0.313 e. The Bertz CT molecular complexity index is 466. The van der Waals surface area contributed by atoms with Gasteiger partial charge in [-0.2, -0.15) is 0 Å². The van der Waals surface area contributed by atoms with Crippen LogP contribution < -0.4 is 15.4 Å². The Hall–Kier alpha value is -1.46. The lowest BCUT2D eigenvalue weighted by Gasteiger charge is -2.08. The Morgan fingerprint density at radius 2 is 2.05 bits per heavy atom. The number of hydrogen-bond donors (Lipinski definition) is 2. The van der Waals surface area contributed by atoms with Crippen molar-refractivity contribution in [2.75, 3.05) is 24.9 Å². The summed E-state index contributed by atoms with van der Waals surface area (Å²) in [4.78, 5) is 22.9. The minimum Gasteiger partial charge on any atom is -0.495 e. The van der Waals surface area contributed by atoms with Gasteiger partial charge in [0.15, 0.2) is 0 Å². The first-order valence-electron chi connectivity index (χ1n) is 5.57. The van der Waals surface area contributed by atoms with E-state index in [9.17, 15) is 9.59 Å². The van der Waals surface area contributed by atoms with E-state index in [2.05, 4.69) is 10.6 Å². The van der Waals surface area contributed by atoms with Gasteiger partial charge >= 0.3 is 11.8 Å². The molecule has 1 aromatic carbocycles. The van der Waals surface area contributed by atoms with E-state index in [0.29, 0.717) is 35.3 Å². The number of amides is 2. The number of carbonyl (C=O) groups excluding carboxylic acids is 2. The number of halogens is 2. The van der Waals surface area contributed by atoms with Gasteiger partial charge in [0.1, 0.15) is 5.75 Å². The van der Waals surface area contributed by atoms with E-state index in [1.54, 1.807) is 12.1 Å². The molecule has 0 aliphatic rings. The maximum atomic E-state index is 11.5. The molecule has 0 spiro atoms. The summed E-state index contributed by atoms with van der Waals surface area (Å²) in [5.74, 6) is -0.546. The van der Waals surface area contributed by atoms with Crippen LogP contribution in [0.1, 0.15) is 6.42 Å². The number of anilines is 1. The van der Waals surface area contributed by atoms with Crippen molar-refractivity contribution in [3.05, 3.63) is 23.2 Å². The molecule has 19 heavy (non-hydrogen) atoms. The average molecular weight is 305 g/mol. The molecule has 0 radical (unpaired) electrons. The van der Waals surface area contributed by atoms with Crippen LogP contribution in [-0.2, 0) is 9.59 Å². The molecule has 5 nitrogen and oxygen atoms in total. The van der Waals surface area contributed by atoms with E-state index in [1.165, 1.54) is 13.2 Å². The average Bonchev–Trinajstić information content (AvgIpc) is 2.39. The third kappa shape index (κ3) is 4.96. The number of rotatable bonds is 5. The number of methoxy groups -OCH3 is 1. The molecule has 2 amide bonds.